The van der Waals surface area contributed by atoms with Crippen LogP contribution in [0.3, 0.4) is 0 Å². The van der Waals surface area contributed by atoms with Gasteiger partial charge in [-0.25, -0.2) is 4.98 Å². The quantitative estimate of drug-likeness (QED) is 0.438. The minimum absolute atomic E-state index is 0.0120. The molecule has 2 amide bonds. The summed E-state index contributed by atoms with van der Waals surface area (Å²) in [5, 5.41) is 24.1. The molecule has 3 heterocycles. The minimum atomic E-state index is -0.286. The number of amides is 2. The Hall–Kier alpha value is -4.29. The molecule has 0 spiro atoms. The predicted molar refractivity (Wildman–Crippen MR) is 136 cm³/mol. The average Bonchev–Trinajstić information content (AvgIpc) is 2.89. The van der Waals surface area contributed by atoms with Crippen molar-refractivity contribution in [2.45, 2.75) is 38.8 Å². The number of hydrogen-bond acceptors (Lipinski definition) is 7. The van der Waals surface area contributed by atoms with E-state index in [0.29, 0.717) is 36.5 Å². The van der Waals surface area contributed by atoms with Crippen LogP contribution in [0.25, 0.3) is 11.1 Å². The van der Waals surface area contributed by atoms with Crippen LogP contribution >= 0.6 is 0 Å². The van der Waals surface area contributed by atoms with Crippen molar-refractivity contribution in [3.63, 3.8) is 0 Å². The lowest BCUT2D eigenvalue weighted by molar-refractivity contribution is -0.117. The van der Waals surface area contributed by atoms with E-state index in [0.717, 1.165) is 22.4 Å². The molecule has 3 N–H and O–H groups in total. The SMILES string of the molecule is CC(=O)N1c2ccc(-c3ccc(C(=O)NCCCO)nc3)cc2[C@H](Nc2ccc(C#N)cn2)C[C@@H]1C. The molecule has 36 heavy (non-hydrogen) atoms. The van der Waals surface area contributed by atoms with Crippen molar-refractivity contribution < 1.29 is 14.7 Å². The normalized spacial score (nSPS) is 16.6. The molecule has 0 bridgehead atoms. The molecule has 9 heteroatoms. The molecule has 0 unspecified atom stereocenters. The van der Waals surface area contributed by atoms with E-state index < -0.39 is 0 Å². The molecule has 0 saturated carbocycles. The molecular weight excluding hydrogens is 456 g/mol. The highest BCUT2D eigenvalue weighted by Gasteiger charge is 2.32. The molecule has 0 saturated heterocycles. The van der Waals surface area contributed by atoms with E-state index in [1.165, 1.54) is 6.20 Å². The van der Waals surface area contributed by atoms with Gasteiger partial charge in [0, 0.05) is 49.8 Å². The van der Waals surface area contributed by atoms with Gasteiger partial charge in [-0.3, -0.25) is 14.6 Å². The van der Waals surface area contributed by atoms with Crippen molar-refractivity contribution in [2.24, 2.45) is 0 Å². The van der Waals surface area contributed by atoms with Gasteiger partial charge in [-0.15, -0.1) is 0 Å². The predicted octanol–water partition coefficient (Wildman–Crippen LogP) is 3.43. The van der Waals surface area contributed by atoms with Gasteiger partial charge in [-0.1, -0.05) is 12.1 Å². The molecule has 9 nitrogen and oxygen atoms in total. The van der Waals surface area contributed by atoms with Gasteiger partial charge in [0.15, 0.2) is 0 Å². The average molecular weight is 485 g/mol. The molecule has 3 aromatic rings. The van der Waals surface area contributed by atoms with Crippen LogP contribution in [0, 0.1) is 11.3 Å². The fourth-order valence-electron chi connectivity index (χ4n) is 4.45. The van der Waals surface area contributed by atoms with E-state index in [9.17, 15) is 9.59 Å². The number of fused-ring (bicyclic) bond motifs is 1. The van der Waals surface area contributed by atoms with E-state index in [-0.39, 0.29) is 30.5 Å². The van der Waals surface area contributed by atoms with Crippen molar-refractivity contribution in [2.75, 3.05) is 23.4 Å². The number of rotatable bonds is 7. The zero-order chi connectivity index (χ0) is 25.7. The first-order chi connectivity index (χ1) is 17.4. The molecule has 0 aliphatic carbocycles. The van der Waals surface area contributed by atoms with Crippen LogP contribution in [-0.4, -0.2) is 46.1 Å². The van der Waals surface area contributed by atoms with Crippen LogP contribution in [0.5, 0.6) is 0 Å². The summed E-state index contributed by atoms with van der Waals surface area (Å²) < 4.78 is 0. The topological polar surface area (TPSA) is 131 Å². The Kier molecular flexibility index (Phi) is 7.56. The van der Waals surface area contributed by atoms with Crippen molar-refractivity contribution in [3.8, 4) is 17.2 Å². The molecule has 2 aromatic heterocycles. The number of aromatic nitrogens is 2. The lowest BCUT2D eigenvalue weighted by Crippen LogP contribution is -2.43. The van der Waals surface area contributed by atoms with Gasteiger partial charge in [0.25, 0.3) is 5.91 Å². The third kappa shape index (κ3) is 5.34. The van der Waals surface area contributed by atoms with Crippen LogP contribution in [0.2, 0.25) is 0 Å². The van der Waals surface area contributed by atoms with Crippen LogP contribution < -0.4 is 15.5 Å². The summed E-state index contributed by atoms with van der Waals surface area (Å²) in [5.74, 6) is 0.340. The highest BCUT2D eigenvalue weighted by Crippen LogP contribution is 2.41. The van der Waals surface area contributed by atoms with Crippen LogP contribution in [0.15, 0.2) is 54.9 Å². The lowest BCUT2D eigenvalue weighted by atomic mass is 9.89. The fraction of sp³-hybridized carbons (Fsp3) is 0.296. The summed E-state index contributed by atoms with van der Waals surface area (Å²) in [6.07, 6.45) is 4.35. The minimum Gasteiger partial charge on any atom is -0.396 e. The zero-order valence-electron chi connectivity index (χ0n) is 20.2. The van der Waals surface area contributed by atoms with Gasteiger partial charge >= 0.3 is 0 Å². The third-order valence-corrected chi connectivity index (χ3v) is 6.18. The summed E-state index contributed by atoms with van der Waals surface area (Å²) in [6.45, 7) is 3.99. The maximum absolute atomic E-state index is 12.5. The third-order valence-electron chi connectivity index (χ3n) is 6.18. The monoisotopic (exact) mass is 484 g/mol. The molecule has 0 radical (unpaired) electrons. The van der Waals surface area contributed by atoms with Gasteiger partial charge in [-0.2, -0.15) is 5.26 Å². The number of pyridine rings is 2. The van der Waals surface area contributed by atoms with E-state index in [2.05, 4.69) is 26.7 Å². The second-order valence-electron chi connectivity index (χ2n) is 8.75. The van der Waals surface area contributed by atoms with Gasteiger partial charge in [0.1, 0.15) is 17.6 Å². The molecule has 184 valence electrons. The van der Waals surface area contributed by atoms with Gasteiger partial charge in [-0.05, 0) is 61.2 Å². The van der Waals surface area contributed by atoms with E-state index in [4.69, 9.17) is 10.4 Å². The number of carbonyl (C=O) groups is 2. The van der Waals surface area contributed by atoms with E-state index in [1.807, 2.05) is 36.1 Å². The van der Waals surface area contributed by atoms with E-state index >= 15 is 0 Å². The standard InChI is InChI=1S/C27H28N6O3/c1-17-12-24(32-26-9-4-19(14-28)15-31-26)22-13-20(6-8-25(22)33(17)18(2)35)21-5-7-23(30-16-21)27(36)29-10-3-11-34/h4-9,13,15-17,24,34H,3,10-12H2,1-2H3,(H,29,36)(H,31,32)/t17-,24+/m0/s1. The van der Waals surface area contributed by atoms with Crippen LogP contribution in [-0.2, 0) is 4.79 Å². The Morgan fingerprint density at radius 1 is 1.14 bits per heavy atom. The summed E-state index contributed by atoms with van der Waals surface area (Å²) in [5.41, 5.74) is 4.33. The second kappa shape index (κ2) is 11.0. The zero-order valence-corrected chi connectivity index (χ0v) is 20.2. The Bertz CT molecular complexity index is 1280. The molecular formula is C27H28N6O3. The van der Waals surface area contributed by atoms with Gasteiger partial charge in [0.05, 0.1) is 11.6 Å². The first kappa shape index (κ1) is 24.8. The number of anilines is 2. The largest absolute Gasteiger partial charge is 0.396 e. The molecule has 1 aromatic carbocycles. The first-order valence-electron chi connectivity index (χ1n) is 11.8. The first-order valence-corrected chi connectivity index (χ1v) is 11.8. The van der Waals surface area contributed by atoms with Gasteiger partial charge < -0.3 is 20.6 Å². The number of nitriles is 1. The molecule has 4 rings (SSSR count). The van der Waals surface area contributed by atoms with Crippen molar-refractivity contribution in [3.05, 3.63) is 71.7 Å². The number of benzene rings is 1. The Morgan fingerprint density at radius 3 is 2.58 bits per heavy atom. The van der Waals surface area contributed by atoms with Crippen molar-refractivity contribution >= 4 is 23.3 Å². The fourth-order valence-corrected chi connectivity index (χ4v) is 4.45. The van der Waals surface area contributed by atoms with Crippen LogP contribution in [0.4, 0.5) is 11.5 Å². The number of carbonyl (C=O) groups excluding carboxylic acids is 2. The summed E-state index contributed by atoms with van der Waals surface area (Å²) >= 11 is 0. The Morgan fingerprint density at radius 2 is 1.94 bits per heavy atom. The smallest absolute Gasteiger partial charge is 0.269 e. The van der Waals surface area contributed by atoms with Crippen molar-refractivity contribution in [1.82, 2.24) is 15.3 Å². The second-order valence-corrected chi connectivity index (χ2v) is 8.75. The van der Waals surface area contributed by atoms with Crippen molar-refractivity contribution in [1.29, 1.82) is 5.26 Å². The molecule has 1 aliphatic heterocycles. The van der Waals surface area contributed by atoms with Crippen LogP contribution in [0.1, 0.15) is 54.3 Å². The van der Waals surface area contributed by atoms with Gasteiger partial charge in [0.2, 0.25) is 5.91 Å². The Labute approximate surface area is 209 Å². The Balaban J connectivity index is 1.64. The highest BCUT2D eigenvalue weighted by atomic mass is 16.3. The summed E-state index contributed by atoms with van der Waals surface area (Å²) in [4.78, 5) is 35.2. The molecule has 0 fully saturated rings. The lowest BCUT2D eigenvalue weighted by Gasteiger charge is -2.39. The maximum Gasteiger partial charge on any atom is 0.269 e. The number of hydrogen-bond donors (Lipinski definition) is 3. The summed E-state index contributed by atoms with van der Waals surface area (Å²) in [7, 11) is 0. The summed E-state index contributed by atoms with van der Waals surface area (Å²) in [6, 6.07) is 14.9. The highest BCUT2D eigenvalue weighted by molar-refractivity contribution is 5.94. The number of aliphatic hydroxyl groups excluding tert-OH is 1. The maximum atomic E-state index is 12.5. The van der Waals surface area contributed by atoms with E-state index in [1.54, 1.807) is 31.3 Å². The number of nitrogens with zero attached hydrogens (tertiary/aromatic N) is 4. The number of nitrogens with one attached hydrogen (secondary N) is 2. The molecule has 1 aliphatic rings. The molecule has 2 atom stereocenters. The number of aliphatic hydroxyl groups is 1.